The number of nitrogens with one attached hydrogen (secondary N) is 3. The number of aromatic nitrogens is 2. The number of hydrogen-bond donors (Lipinski definition) is 3. The Labute approximate surface area is 268 Å². The van der Waals surface area contributed by atoms with Crippen LogP contribution in [0.15, 0.2) is 36.5 Å². The van der Waals surface area contributed by atoms with Crippen LogP contribution in [0, 0.1) is 0 Å². The lowest BCUT2D eigenvalue weighted by Gasteiger charge is -2.42. The molecule has 3 aromatic rings. The zero-order valence-electron chi connectivity index (χ0n) is 25.7. The lowest BCUT2D eigenvalue weighted by Crippen LogP contribution is -2.52. The maximum absolute atomic E-state index is 12.2. The van der Waals surface area contributed by atoms with Gasteiger partial charge in [-0.25, -0.2) is 13.4 Å². The van der Waals surface area contributed by atoms with Gasteiger partial charge >= 0.3 is 0 Å². The van der Waals surface area contributed by atoms with E-state index in [1.807, 2.05) is 12.1 Å². The molecule has 0 spiro atoms. The molecule has 0 saturated carbocycles. The molecule has 4 heterocycles. The lowest BCUT2D eigenvalue weighted by atomic mass is 10.0. The molecule has 0 atom stereocenters. The molecular formula is C30H39ClN8O5S. The van der Waals surface area contributed by atoms with Gasteiger partial charge in [-0.1, -0.05) is 11.6 Å². The highest BCUT2D eigenvalue weighted by Gasteiger charge is 2.27. The summed E-state index contributed by atoms with van der Waals surface area (Å²) in [7, 11) is 0.192. The number of methoxy groups -OCH3 is 1. The number of fused-ring (bicyclic) bond motifs is 1. The third-order valence-electron chi connectivity index (χ3n) is 8.31. The largest absolute Gasteiger partial charge is 0.494 e. The van der Waals surface area contributed by atoms with E-state index in [4.69, 9.17) is 25.8 Å². The Morgan fingerprint density at radius 1 is 0.978 bits per heavy atom. The number of nitrogens with zero attached hydrogens (tertiary/aromatic N) is 5. The second-order valence-electron chi connectivity index (χ2n) is 11.5. The van der Waals surface area contributed by atoms with E-state index in [9.17, 15) is 8.42 Å². The summed E-state index contributed by atoms with van der Waals surface area (Å²) in [4.78, 5) is 16.4. The van der Waals surface area contributed by atoms with Gasteiger partial charge < -0.3 is 34.6 Å². The van der Waals surface area contributed by atoms with Gasteiger partial charge in [0.1, 0.15) is 29.7 Å². The predicted molar refractivity (Wildman–Crippen MR) is 177 cm³/mol. The molecule has 242 valence electrons. The van der Waals surface area contributed by atoms with Gasteiger partial charge in [0.2, 0.25) is 16.0 Å². The maximum atomic E-state index is 12.2. The first-order chi connectivity index (χ1) is 21.7. The first-order valence-electron chi connectivity index (χ1n) is 15.0. The van der Waals surface area contributed by atoms with Crippen LogP contribution in [0.5, 0.6) is 17.2 Å². The predicted octanol–water partition coefficient (Wildman–Crippen LogP) is 3.98. The summed E-state index contributed by atoms with van der Waals surface area (Å²) in [6.45, 7) is 7.22. The van der Waals surface area contributed by atoms with Crippen LogP contribution < -0.4 is 34.5 Å². The van der Waals surface area contributed by atoms with Crippen molar-refractivity contribution in [3.05, 3.63) is 41.6 Å². The second kappa shape index (κ2) is 13.3. The molecule has 2 saturated heterocycles. The quantitative estimate of drug-likeness (QED) is 0.307. The maximum Gasteiger partial charge on any atom is 0.230 e. The summed E-state index contributed by atoms with van der Waals surface area (Å²) in [5.41, 5.74) is 2.39. The van der Waals surface area contributed by atoms with Crippen molar-refractivity contribution in [2.24, 2.45) is 0 Å². The number of rotatable bonds is 9. The zero-order valence-corrected chi connectivity index (χ0v) is 27.2. The van der Waals surface area contributed by atoms with Crippen LogP contribution in [-0.2, 0) is 10.0 Å². The van der Waals surface area contributed by atoms with E-state index in [1.54, 1.807) is 19.2 Å². The van der Waals surface area contributed by atoms with Gasteiger partial charge in [0, 0.05) is 57.1 Å². The number of piperidine rings is 1. The summed E-state index contributed by atoms with van der Waals surface area (Å²) in [6.07, 6.45) is 4.82. The van der Waals surface area contributed by atoms with Crippen molar-refractivity contribution in [3.8, 4) is 17.2 Å². The summed E-state index contributed by atoms with van der Waals surface area (Å²) >= 11 is 6.46. The van der Waals surface area contributed by atoms with Crippen LogP contribution >= 0.6 is 11.6 Å². The van der Waals surface area contributed by atoms with Gasteiger partial charge in [-0.05, 0) is 44.2 Å². The minimum Gasteiger partial charge on any atom is -0.494 e. The summed E-state index contributed by atoms with van der Waals surface area (Å²) in [5, 5.41) is 6.59. The van der Waals surface area contributed by atoms with Crippen LogP contribution in [0.1, 0.15) is 12.8 Å². The molecule has 0 amide bonds. The van der Waals surface area contributed by atoms with Gasteiger partial charge in [0.25, 0.3) is 0 Å². The van der Waals surface area contributed by atoms with E-state index in [1.165, 1.54) is 6.20 Å². The number of sulfonamides is 1. The van der Waals surface area contributed by atoms with Crippen LogP contribution in [0.2, 0.25) is 5.02 Å². The fraction of sp³-hybridized carbons (Fsp3) is 0.467. The Morgan fingerprint density at radius 3 is 2.44 bits per heavy atom. The Morgan fingerprint density at radius 2 is 1.71 bits per heavy atom. The number of halogens is 1. The fourth-order valence-electron chi connectivity index (χ4n) is 5.93. The molecule has 1 aromatic heterocycles. The number of likely N-dealkylation sites (N-methyl/N-ethyl adjacent to an activating group) is 1. The molecule has 3 aliphatic rings. The number of piperazine rings is 1. The molecule has 0 unspecified atom stereocenters. The lowest BCUT2D eigenvalue weighted by molar-refractivity contribution is 0.0982. The molecule has 2 aromatic carbocycles. The molecule has 3 N–H and O–H groups in total. The monoisotopic (exact) mass is 658 g/mol. The van der Waals surface area contributed by atoms with Crippen molar-refractivity contribution >= 4 is 56.1 Å². The molecule has 6 rings (SSSR count). The molecule has 0 radical (unpaired) electrons. The standard InChI is InChI=1S/C30H39ClN8O5S/c1-37-12-14-39(15-13-37)20-8-10-38(11-9-20)21-4-5-23(26(18-21)42-2)34-30-32-19-22(31)29(35-30)33-24-6-7-25-28(44-17-16-43-25)27(24)36-45(3,40)41/h4-7,18-20,36H,8-17H2,1-3H3,(H2,32,33,34,35). The van der Waals surface area contributed by atoms with Gasteiger partial charge in [0.05, 0.1) is 30.9 Å². The Bertz CT molecular complexity index is 1630. The number of benzene rings is 2. The SMILES string of the molecule is COc1cc(N2CCC(N3CCN(C)CC3)CC2)ccc1Nc1ncc(Cl)c(Nc2ccc3c(c2NS(C)(=O)=O)OCCO3)n1. The van der Waals surface area contributed by atoms with Crippen molar-refractivity contribution in [2.75, 3.05) is 93.2 Å². The molecule has 45 heavy (non-hydrogen) atoms. The van der Waals surface area contributed by atoms with Crippen LogP contribution in [0.3, 0.4) is 0 Å². The number of anilines is 6. The molecule has 0 bridgehead atoms. The third kappa shape index (κ3) is 7.40. The van der Waals surface area contributed by atoms with Crippen molar-refractivity contribution in [1.29, 1.82) is 0 Å². The first-order valence-corrected chi connectivity index (χ1v) is 17.3. The van der Waals surface area contributed by atoms with Gasteiger partial charge in [-0.2, -0.15) is 4.98 Å². The molecule has 0 aliphatic carbocycles. The topological polar surface area (TPSA) is 133 Å². The minimum atomic E-state index is -3.64. The minimum absolute atomic E-state index is 0.198. The normalized spacial score (nSPS) is 18.0. The Hall–Kier alpha value is -3.72. The molecule has 15 heteroatoms. The van der Waals surface area contributed by atoms with Crippen LogP contribution in [-0.4, -0.2) is 107 Å². The van der Waals surface area contributed by atoms with Gasteiger partial charge in [-0.3, -0.25) is 9.62 Å². The number of hydrogen-bond acceptors (Lipinski definition) is 12. The van der Waals surface area contributed by atoms with Gasteiger partial charge in [-0.15, -0.1) is 0 Å². The highest BCUT2D eigenvalue weighted by molar-refractivity contribution is 7.92. The van der Waals surface area contributed by atoms with Crippen molar-refractivity contribution in [3.63, 3.8) is 0 Å². The third-order valence-corrected chi connectivity index (χ3v) is 9.16. The first kappa shape index (κ1) is 31.3. The highest BCUT2D eigenvalue weighted by atomic mass is 35.5. The average molecular weight is 659 g/mol. The van der Waals surface area contributed by atoms with E-state index in [0.29, 0.717) is 35.5 Å². The molecule has 3 aliphatic heterocycles. The fourth-order valence-corrected chi connectivity index (χ4v) is 6.64. The van der Waals surface area contributed by atoms with Crippen LogP contribution in [0.25, 0.3) is 0 Å². The Balaban J connectivity index is 1.17. The van der Waals surface area contributed by atoms with E-state index < -0.39 is 10.0 Å². The molecule has 13 nitrogen and oxygen atoms in total. The smallest absolute Gasteiger partial charge is 0.230 e. The van der Waals surface area contributed by atoms with E-state index in [0.717, 1.165) is 64.1 Å². The zero-order chi connectivity index (χ0) is 31.6. The highest BCUT2D eigenvalue weighted by Crippen LogP contribution is 2.44. The van der Waals surface area contributed by atoms with Crippen molar-refractivity contribution < 1.29 is 22.6 Å². The van der Waals surface area contributed by atoms with Crippen molar-refractivity contribution in [1.82, 2.24) is 19.8 Å². The number of ether oxygens (including phenoxy) is 3. The second-order valence-corrected chi connectivity index (χ2v) is 13.6. The van der Waals surface area contributed by atoms with Gasteiger partial charge in [0.15, 0.2) is 17.3 Å². The summed E-state index contributed by atoms with van der Waals surface area (Å²) in [6, 6.07) is 10.1. The van der Waals surface area contributed by atoms with E-state index >= 15 is 0 Å². The summed E-state index contributed by atoms with van der Waals surface area (Å²) in [5.74, 6) is 1.92. The van der Waals surface area contributed by atoms with Crippen LogP contribution in [0.4, 0.5) is 34.5 Å². The summed E-state index contributed by atoms with van der Waals surface area (Å²) < 4.78 is 44.0. The molecule has 2 fully saturated rings. The average Bonchev–Trinajstić information content (AvgIpc) is 3.04. The Kier molecular flexibility index (Phi) is 9.26. The van der Waals surface area contributed by atoms with E-state index in [-0.39, 0.29) is 34.8 Å². The van der Waals surface area contributed by atoms with E-state index in [2.05, 4.69) is 53.1 Å². The van der Waals surface area contributed by atoms with Crippen molar-refractivity contribution in [2.45, 2.75) is 18.9 Å². The molecular weight excluding hydrogens is 620 g/mol.